The Morgan fingerprint density at radius 1 is 0.333 bits per heavy atom. The molecule has 0 aliphatic heterocycles. The highest BCUT2D eigenvalue weighted by Crippen LogP contribution is 2.62. The quantitative estimate of drug-likeness (QED) is 0.150. The molecule has 342 valence electrons. The summed E-state index contributed by atoms with van der Waals surface area (Å²) in [6.45, 7) is 26.8. The zero-order valence-corrected chi connectivity index (χ0v) is 42.7. The van der Waals surface area contributed by atoms with E-state index in [2.05, 4.69) is 238 Å². The number of hydrogen-bond acceptors (Lipinski definition) is 2. The predicted octanol–water partition coefficient (Wildman–Crippen LogP) is 18.9. The SMILES string of the molecule is Cc1cc(C)c(N(c2ccc(-c3ccc4c(c3)C3(CC3)c3cccc5c(-c6ccc(N(c7c(C)cc(C)cc7C)c7c(C)cc(C)cc7C)cc6)ccc-4c35)cc2)c2cc(C)c(C)cc2C)c(C)c1. The molecule has 2 aliphatic carbocycles. The molecule has 2 aliphatic rings. The average molecular weight is 897 g/mol. The lowest BCUT2D eigenvalue weighted by Gasteiger charge is -2.32. The zero-order chi connectivity index (χ0) is 48.2. The Morgan fingerprint density at radius 2 is 0.783 bits per heavy atom. The third kappa shape index (κ3) is 7.30. The number of benzene rings is 9. The molecular formula is C67H64N2. The molecule has 9 aromatic rings. The summed E-state index contributed by atoms with van der Waals surface area (Å²) in [4.78, 5) is 4.98. The summed E-state index contributed by atoms with van der Waals surface area (Å²) in [6.07, 6.45) is 2.34. The van der Waals surface area contributed by atoms with Gasteiger partial charge in [0.15, 0.2) is 0 Å². The highest BCUT2D eigenvalue weighted by molar-refractivity contribution is 6.10. The van der Waals surface area contributed by atoms with Crippen molar-refractivity contribution >= 4 is 44.9 Å². The van der Waals surface area contributed by atoms with Crippen LogP contribution in [0.3, 0.4) is 0 Å². The minimum atomic E-state index is 0.0341. The summed E-state index contributed by atoms with van der Waals surface area (Å²) >= 11 is 0. The van der Waals surface area contributed by atoms with Crippen LogP contribution in [0.25, 0.3) is 44.2 Å². The topological polar surface area (TPSA) is 6.48 Å². The molecule has 0 heterocycles. The van der Waals surface area contributed by atoms with E-state index in [1.54, 1.807) is 0 Å². The standard InChI is InChI=1S/C67H64N2/c1-39-30-45(7)64(46(8)31-39)68(62-37-43(5)42(4)36-44(62)6)54-21-16-51(17-22-54)53-20-25-57-59-27-26-56(58-14-13-15-60(63(58)59)67(28-29-67)61(57)38-53)52-18-23-55(24-19-52)69(65-47(9)32-40(2)33-48(65)10)66-49(11)34-41(3)35-50(66)12/h13-27,30-38H,28-29H2,1-12H3. The smallest absolute Gasteiger partial charge is 0.0520 e. The molecule has 1 saturated carbocycles. The molecule has 0 amide bonds. The minimum absolute atomic E-state index is 0.0341. The third-order valence-electron chi connectivity index (χ3n) is 15.7. The summed E-state index contributed by atoms with van der Waals surface area (Å²) in [5.74, 6) is 0. The van der Waals surface area contributed by atoms with Gasteiger partial charge in [-0.25, -0.2) is 0 Å². The van der Waals surface area contributed by atoms with Gasteiger partial charge in [-0.15, -0.1) is 0 Å². The predicted molar refractivity (Wildman–Crippen MR) is 296 cm³/mol. The van der Waals surface area contributed by atoms with Crippen LogP contribution in [-0.4, -0.2) is 0 Å². The summed E-state index contributed by atoms with van der Waals surface area (Å²) < 4.78 is 0. The molecule has 69 heavy (non-hydrogen) atoms. The number of rotatable bonds is 8. The first-order chi connectivity index (χ1) is 33.1. The van der Waals surface area contributed by atoms with E-state index in [0.717, 1.165) is 0 Å². The van der Waals surface area contributed by atoms with Crippen molar-refractivity contribution in [1.82, 2.24) is 0 Å². The van der Waals surface area contributed by atoms with E-state index in [-0.39, 0.29) is 5.41 Å². The largest absolute Gasteiger partial charge is 0.310 e. The number of aryl methyl sites for hydroxylation is 12. The van der Waals surface area contributed by atoms with Gasteiger partial charge in [-0.2, -0.15) is 0 Å². The lowest BCUT2D eigenvalue weighted by atomic mass is 9.73. The van der Waals surface area contributed by atoms with Crippen molar-refractivity contribution in [2.45, 2.75) is 101 Å². The molecule has 0 saturated heterocycles. The van der Waals surface area contributed by atoms with Gasteiger partial charge in [0.25, 0.3) is 0 Å². The van der Waals surface area contributed by atoms with E-state index in [1.807, 2.05) is 0 Å². The summed E-state index contributed by atoms with van der Waals surface area (Å²) in [6, 6.07) is 56.4. The lowest BCUT2D eigenvalue weighted by molar-refractivity contribution is 0.854. The van der Waals surface area contributed by atoms with Crippen LogP contribution in [0.4, 0.5) is 34.1 Å². The molecule has 0 aromatic heterocycles. The van der Waals surface area contributed by atoms with Crippen molar-refractivity contribution in [2.24, 2.45) is 0 Å². The molecule has 0 unspecified atom stereocenters. The molecule has 2 heteroatoms. The zero-order valence-electron chi connectivity index (χ0n) is 42.7. The fraction of sp³-hybridized carbons (Fsp3) is 0.224. The van der Waals surface area contributed by atoms with Crippen LogP contribution < -0.4 is 9.80 Å². The summed E-state index contributed by atoms with van der Waals surface area (Å²) in [5.41, 5.74) is 33.6. The molecule has 0 N–H and O–H groups in total. The Balaban J connectivity index is 0.966. The molecule has 2 nitrogen and oxygen atoms in total. The first-order valence-corrected chi connectivity index (χ1v) is 25.0. The maximum atomic E-state index is 2.52. The van der Waals surface area contributed by atoms with Gasteiger partial charge in [-0.05, 0) is 238 Å². The van der Waals surface area contributed by atoms with E-state index >= 15 is 0 Å². The highest BCUT2D eigenvalue weighted by Gasteiger charge is 2.50. The van der Waals surface area contributed by atoms with Crippen LogP contribution in [0.2, 0.25) is 0 Å². The van der Waals surface area contributed by atoms with Crippen molar-refractivity contribution in [3.63, 3.8) is 0 Å². The molecule has 0 radical (unpaired) electrons. The van der Waals surface area contributed by atoms with Crippen molar-refractivity contribution in [2.75, 3.05) is 9.80 Å². The molecular weight excluding hydrogens is 833 g/mol. The van der Waals surface area contributed by atoms with Crippen molar-refractivity contribution < 1.29 is 0 Å². The Hall–Kier alpha value is -7.16. The Labute approximate surface area is 410 Å². The first kappa shape index (κ1) is 44.4. The van der Waals surface area contributed by atoms with Gasteiger partial charge < -0.3 is 9.80 Å². The van der Waals surface area contributed by atoms with Crippen LogP contribution in [-0.2, 0) is 5.41 Å². The van der Waals surface area contributed by atoms with Gasteiger partial charge in [0.05, 0.1) is 17.1 Å². The monoisotopic (exact) mass is 897 g/mol. The maximum absolute atomic E-state index is 2.52. The Kier molecular flexibility index (Phi) is 10.6. The molecule has 0 atom stereocenters. The van der Waals surface area contributed by atoms with Crippen LogP contribution in [0.1, 0.15) is 90.7 Å². The van der Waals surface area contributed by atoms with Gasteiger partial charge in [0.2, 0.25) is 0 Å². The van der Waals surface area contributed by atoms with E-state index in [1.165, 1.54) is 169 Å². The second-order valence-corrected chi connectivity index (χ2v) is 21.0. The number of hydrogen-bond donors (Lipinski definition) is 0. The van der Waals surface area contributed by atoms with Crippen LogP contribution in [0, 0.1) is 83.1 Å². The van der Waals surface area contributed by atoms with Crippen LogP contribution in [0.15, 0.2) is 146 Å². The number of nitrogens with zero attached hydrogens (tertiary/aromatic N) is 2. The molecule has 1 spiro atoms. The second kappa shape index (κ2) is 16.5. The van der Waals surface area contributed by atoms with E-state index in [4.69, 9.17) is 0 Å². The third-order valence-corrected chi connectivity index (χ3v) is 15.7. The molecule has 0 bridgehead atoms. The van der Waals surface area contributed by atoms with E-state index in [0.29, 0.717) is 0 Å². The second-order valence-electron chi connectivity index (χ2n) is 21.0. The van der Waals surface area contributed by atoms with Crippen molar-refractivity contribution in [3.8, 4) is 33.4 Å². The summed E-state index contributed by atoms with van der Waals surface area (Å²) in [7, 11) is 0. The van der Waals surface area contributed by atoms with E-state index < -0.39 is 0 Å². The van der Waals surface area contributed by atoms with Gasteiger partial charge in [-0.1, -0.05) is 126 Å². The maximum Gasteiger partial charge on any atom is 0.0520 e. The van der Waals surface area contributed by atoms with Crippen molar-refractivity contribution in [3.05, 3.63) is 223 Å². The molecule has 11 rings (SSSR count). The minimum Gasteiger partial charge on any atom is -0.310 e. The lowest BCUT2D eigenvalue weighted by Crippen LogP contribution is -2.16. The van der Waals surface area contributed by atoms with Crippen molar-refractivity contribution in [1.29, 1.82) is 0 Å². The fourth-order valence-electron chi connectivity index (χ4n) is 12.6. The van der Waals surface area contributed by atoms with E-state index in [9.17, 15) is 0 Å². The van der Waals surface area contributed by atoms with Gasteiger partial charge in [0.1, 0.15) is 0 Å². The summed E-state index contributed by atoms with van der Waals surface area (Å²) in [5, 5.41) is 2.76. The van der Waals surface area contributed by atoms with Gasteiger partial charge >= 0.3 is 0 Å². The first-order valence-electron chi connectivity index (χ1n) is 25.0. The normalized spacial score (nSPS) is 13.2. The van der Waals surface area contributed by atoms with Gasteiger partial charge in [0, 0.05) is 22.5 Å². The Bertz CT molecular complexity index is 3440. The highest BCUT2D eigenvalue weighted by atomic mass is 15.2. The average Bonchev–Trinajstić information content (AvgIpc) is 4.11. The Morgan fingerprint density at radius 3 is 1.32 bits per heavy atom. The fourth-order valence-corrected chi connectivity index (χ4v) is 12.6. The number of anilines is 6. The number of fused-ring (bicyclic) bond motifs is 4. The molecule has 9 aromatic carbocycles. The van der Waals surface area contributed by atoms with Crippen LogP contribution >= 0.6 is 0 Å². The van der Waals surface area contributed by atoms with Crippen LogP contribution in [0.5, 0.6) is 0 Å². The van der Waals surface area contributed by atoms with Gasteiger partial charge in [-0.3, -0.25) is 0 Å². The molecule has 1 fully saturated rings.